The fourth-order valence-corrected chi connectivity index (χ4v) is 0.866. The summed E-state index contributed by atoms with van der Waals surface area (Å²) in [4.78, 5) is 0. The Morgan fingerprint density at radius 1 is 1.50 bits per heavy atom. The van der Waals surface area contributed by atoms with E-state index in [0.717, 1.165) is 12.8 Å². The van der Waals surface area contributed by atoms with E-state index in [1.165, 1.54) is 0 Å². The van der Waals surface area contributed by atoms with Gasteiger partial charge in [-0.15, -0.1) is 0 Å². The van der Waals surface area contributed by atoms with E-state index < -0.39 is 0 Å². The Morgan fingerprint density at radius 2 is 2.20 bits per heavy atom. The van der Waals surface area contributed by atoms with Crippen molar-refractivity contribution in [1.29, 1.82) is 0 Å². The lowest BCUT2D eigenvalue weighted by atomic mass is 10.1. The maximum Gasteiger partial charge on any atom is 0.146 e. The molecule has 1 aliphatic rings. The second-order valence-corrected chi connectivity index (χ2v) is 2.91. The highest BCUT2D eigenvalue weighted by atomic mass is 16.7. The third-order valence-corrected chi connectivity index (χ3v) is 1.90. The van der Waals surface area contributed by atoms with Crippen molar-refractivity contribution in [3.05, 3.63) is 0 Å². The Hall–Kier alpha value is -0.120. The van der Waals surface area contributed by atoms with Gasteiger partial charge < -0.3 is 14.6 Å². The standard InChI is InChI=1S/C7H14O3/c1-9-6-10-5-7(4-8)2-3-7/h8H,2-6H2,1H3. The van der Waals surface area contributed by atoms with Crippen molar-refractivity contribution in [3.63, 3.8) is 0 Å². The lowest BCUT2D eigenvalue weighted by molar-refractivity contribution is -0.0539. The first-order chi connectivity index (χ1) is 4.83. The van der Waals surface area contributed by atoms with Crippen molar-refractivity contribution in [3.8, 4) is 0 Å². The number of hydrogen-bond acceptors (Lipinski definition) is 3. The molecule has 0 aromatic rings. The Labute approximate surface area is 60.9 Å². The van der Waals surface area contributed by atoms with Gasteiger partial charge in [0.05, 0.1) is 13.2 Å². The molecule has 0 heterocycles. The zero-order valence-corrected chi connectivity index (χ0v) is 6.30. The minimum Gasteiger partial charge on any atom is -0.396 e. The summed E-state index contributed by atoms with van der Waals surface area (Å²) >= 11 is 0. The molecule has 60 valence electrons. The second-order valence-electron chi connectivity index (χ2n) is 2.91. The van der Waals surface area contributed by atoms with Crippen molar-refractivity contribution in [1.82, 2.24) is 0 Å². The first kappa shape index (κ1) is 7.98. The van der Waals surface area contributed by atoms with Crippen LogP contribution in [0.1, 0.15) is 12.8 Å². The maximum absolute atomic E-state index is 8.84. The molecule has 1 aliphatic carbocycles. The molecule has 0 aliphatic heterocycles. The average molecular weight is 146 g/mol. The van der Waals surface area contributed by atoms with Gasteiger partial charge in [-0.2, -0.15) is 0 Å². The molecule has 10 heavy (non-hydrogen) atoms. The topological polar surface area (TPSA) is 38.7 Å². The molecule has 0 spiro atoms. The second kappa shape index (κ2) is 3.32. The number of rotatable bonds is 5. The highest BCUT2D eigenvalue weighted by Crippen LogP contribution is 2.44. The SMILES string of the molecule is COCOCC1(CO)CC1. The van der Waals surface area contributed by atoms with Crippen molar-refractivity contribution in [2.45, 2.75) is 12.8 Å². The van der Waals surface area contributed by atoms with Crippen molar-refractivity contribution in [2.75, 3.05) is 27.1 Å². The molecule has 0 aromatic carbocycles. The van der Waals surface area contributed by atoms with E-state index in [0.29, 0.717) is 13.4 Å². The van der Waals surface area contributed by atoms with Gasteiger partial charge in [0.1, 0.15) is 6.79 Å². The fourth-order valence-electron chi connectivity index (χ4n) is 0.866. The predicted octanol–water partition coefficient (Wildman–Crippen LogP) is 0.379. The van der Waals surface area contributed by atoms with Crippen LogP contribution in [0.15, 0.2) is 0 Å². The molecule has 1 fully saturated rings. The van der Waals surface area contributed by atoms with E-state index in [9.17, 15) is 0 Å². The zero-order valence-electron chi connectivity index (χ0n) is 6.30. The first-order valence-electron chi connectivity index (χ1n) is 3.50. The Balaban J connectivity index is 2.01. The van der Waals surface area contributed by atoms with Gasteiger partial charge in [0, 0.05) is 12.5 Å². The van der Waals surface area contributed by atoms with E-state index >= 15 is 0 Å². The van der Waals surface area contributed by atoms with Crippen LogP contribution in [0.4, 0.5) is 0 Å². The molecule has 0 aromatic heterocycles. The molecular formula is C7H14O3. The van der Waals surface area contributed by atoms with Crippen LogP contribution in [0.25, 0.3) is 0 Å². The van der Waals surface area contributed by atoms with Crippen molar-refractivity contribution < 1.29 is 14.6 Å². The van der Waals surface area contributed by atoms with Crippen LogP contribution in [0.2, 0.25) is 0 Å². The van der Waals surface area contributed by atoms with Crippen LogP contribution < -0.4 is 0 Å². The lowest BCUT2D eigenvalue weighted by Crippen LogP contribution is -2.15. The van der Waals surface area contributed by atoms with Crippen LogP contribution in [-0.2, 0) is 9.47 Å². The van der Waals surface area contributed by atoms with Gasteiger partial charge in [-0.3, -0.25) is 0 Å². The smallest absolute Gasteiger partial charge is 0.146 e. The van der Waals surface area contributed by atoms with Gasteiger partial charge in [0.25, 0.3) is 0 Å². The van der Waals surface area contributed by atoms with E-state index in [4.69, 9.17) is 14.6 Å². The van der Waals surface area contributed by atoms with E-state index in [1.54, 1.807) is 7.11 Å². The molecule has 3 heteroatoms. The van der Waals surface area contributed by atoms with Gasteiger partial charge >= 0.3 is 0 Å². The quantitative estimate of drug-likeness (QED) is 0.450. The van der Waals surface area contributed by atoms with Gasteiger partial charge in [-0.05, 0) is 12.8 Å². The predicted molar refractivity (Wildman–Crippen MR) is 36.6 cm³/mol. The molecular weight excluding hydrogens is 132 g/mol. The largest absolute Gasteiger partial charge is 0.396 e. The Kier molecular flexibility index (Phi) is 2.65. The summed E-state index contributed by atoms with van der Waals surface area (Å²) in [6.07, 6.45) is 2.18. The first-order valence-corrected chi connectivity index (χ1v) is 3.50. The maximum atomic E-state index is 8.84. The molecule has 1 saturated carbocycles. The number of ether oxygens (including phenoxy) is 2. The number of methoxy groups -OCH3 is 1. The van der Waals surface area contributed by atoms with Crippen LogP contribution in [0.5, 0.6) is 0 Å². The van der Waals surface area contributed by atoms with Crippen LogP contribution >= 0.6 is 0 Å². The highest BCUT2D eigenvalue weighted by Gasteiger charge is 2.42. The van der Waals surface area contributed by atoms with E-state index in [2.05, 4.69) is 0 Å². The normalized spacial score (nSPS) is 21.0. The summed E-state index contributed by atoms with van der Waals surface area (Å²) in [7, 11) is 1.60. The van der Waals surface area contributed by atoms with Crippen LogP contribution in [0, 0.1) is 5.41 Å². The summed E-state index contributed by atoms with van der Waals surface area (Å²) in [6.45, 7) is 1.22. The molecule has 0 bridgehead atoms. The molecule has 3 nitrogen and oxygen atoms in total. The minimum absolute atomic E-state index is 0.0958. The summed E-state index contributed by atoms with van der Waals surface area (Å²) in [5.41, 5.74) is 0.0958. The summed E-state index contributed by atoms with van der Waals surface area (Å²) in [6, 6.07) is 0. The molecule has 0 atom stereocenters. The Bertz CT molecular complexity index is 99.0. The van der Waals surface area contributed by atoms with Gasteiger partial charge in [0.15, 0.2) is 0 Å². The summed E-state index contributed by atoms with van der Waals surface area (Å²) in [5, 5.41) is 8.84. The molecule has 0 unspecified atom stereocenters. The number of hydrogen-bond donors (Lipinski definition) is 1. The fraction of sp³-hybridized carbons (Fsp3) is 1.00. The highest BCUT2D eigenvalue weighted by molar-refractivity contribution is 4.92. The van der Waals surface area contributed by atoms with Crippen molar-refractivity contribution in [2.24, 2.45) is 5.41 Å². The Morgan fingerprint density at radius 3 is 2.60 bits per heavy atom. The van der Waals surface area contributed by atoms with Gasteiger partial charge in [0.2, 0.25) is 0 Å². The molecule has 0 amide bonds. The number of aliphatic hydroxyl groups excluding tert-OH is 1. The van der Waals surface area contributed by atoms with Crippen molar-refractivity contribution >= 4 is 0 Å². The summed E-state index contributed by atoms with van der Waals surface area (Å²) in [5.74, 6) is 0. The number of aliphatic hydroxyl groups is 1. The molecule has 0 saturated heterocycles. The van der Waals surface area contributed by atoms with Gasteiger partial charge in [-0.1, -0.05) is 0 Å². The van der Waals surface area contributed by atoms with Crippen LogP contribution in [-0.4, -0.2) is 32.2 Å². The van der Waals surface area contributed by atoms with E-state index in [1.807, 2.05) is 0 Å². The lowest BCUT2D eigenvalue weighted by Gasteiger charge is -2.10. The summed E-state index contributed by atoms with van der Waals surface area (Å²) < 4.78 is 9.82. The van der Waals surface area contributed by atoms with Gasteiger partial charge in [-0.25, -0.2) is 0 Å². The minimum atomic E-state index is 0.0958. The third kappa shape index (κ3) is 1.94. The van der Waals surface area contributed by atoms with E-state index in [-0.39, 0.29) is 12.0 Å². The third-order valence-electron chi connectivity index (χ3n) is 1.90. The molecule has 1 rings (SSSR count). The van der Waals surface area contributed by atoms with Crippen LogP contribution in [0.3, 0.4) is 0 Å². The molecule has 1 N–H and O–H groups in total. The monoisotopic (exact) mass is 146 g/mol. The zero-order chi connectivity index (χ0) is 7.45. The average Bonchev–Trinajstić information content (AvgIpc) is 2.70. The molecule has 0 radical (unpaired) electrons.